The summed E-state index contributed by atoms with van der Waals surface area (Å²) in [5, 5.41) is 0. The Labute approximate surface area is 418 Å². The van der Waals surface area contributed by atoms with Gasteiger partial charge in [-0.05, 0) is 154 Å². The number of aryl methyl sites for hydroxylation is 6. The summed E-state index contributed by atoms with van der Waals surface area (Å²) in [6, 6.07) is 76.9. The molecule has 0 radical (unpaired) electrons. The summed E-state index contributed by atoms with van der Waals surface area (Å²) in [5.74, 6) is 0.0559. The molecule has 0 aliphatic heterocycles. The molecule has 1 aliphatic carbocycles. The molecule has 0 bridgehead atoms. The molecule has 0 spiro atoms. The summed E-state index contributed by atoms with van der Waals surface area (Å²) in [6.45, 7) is 13.1. The molecule has 1 aliphatic rings. The number of carbonyl (C=O) groups is 2. The van der Waals surface area contributed by atoms with Crippen LogP contribution in [0.4, 0.5) is 0 Å². The Morgan fingerprint density at radius 3 is 0.915 bits per heavy atom. The lowest BCUT2D eigenvalue weighted by molar-refractivity contribution is 0.103. The van der Waals surface area contributed by atoms with Crippen molar-refractivity contribution in [3.63, 3.8) is 0 Å². The summed E-state index contributed by atoms with van der Waals surface area (Å²) in [4.78, 5) is 26.5. The Hall–Kier alpha value is -8.46. The van der Waals surface area contributed by atoms with Gasteiger partial charge in [0.05, 0.1) is 5.41 Å². The minimum Gasteiger partial charge on any atom is -0.289 e. The summed E-state index contributed by atoms with van der Waals surface area (Å²) in [5.41, 5.74) is 26.1. The molecule has 71 heavy (non-hydrogen) atoms. The fourth-order valence-corrected chi connectivity index (χ4v) is 11.0. The highest BCUT2D eigenvalue weighted by atomic mass is 16.1. The second-order valence-corrected chi connectivity index (χ2v) is 19.5. The zero-order valence-electron chi connectivity index (χ0n) is 41.1. The third-order valence-electron chi connectivity index (χ3n) is 14.9. The molecular formula is C69H54O2. The van der Waals surface area contributed by atoms with Crippen LogP contribution in [0.3, 0.4) is 0 Å². The molecule has 10 aromatic rings. The van der Waals surface area contributed by atoms with E-state index < -0.39 is 5.41 Å². The van der Waals surface area contributed by atoms with Gasteiger partial charge in [-0.15, -0.1) is 0 Å². The number of hydrogen-bond acceptors (Lipinski definition) is 2. The largest absolute Gasteiger partial charge is 0.289 e. The third-order valence-corrected chi connectivity index (χ3v) is 14.9. The van der Waals surface area contributed by atoms with E-state index >= 15 is 0 Å². The van der Waals surface area contributed by atoms with E-state index in [1.807, 2.05) is 84.9 Å². The average Bonchev–Trinajstić information content (AvgIpc) is 3.70. The van der Waals surface area contributed by atoms with Crippen LogP contribution in [-0.4, -0.2) is 11.6 Å². The highest BCUT2D eigenvalue weighted by Crippen LogP contribution is 2.58. The van der Waals surface area contributed by atoms with Crippen LogP contribution >= 0.6 is 0 Å². The van der Waals surface area contributed by atoms with E-state index in [4.69, 9.17) is 0 Å². The van der Waals surface area contributed by atoms with Crippen LogP contribution in [0.25, 0.3) is 55.6 Å². The number of carbonyl (C=O) groups excluding carboxylic acids is 2. The first-order valence-corrected chi connectivity index (χ1v) is 24.6. The second-order valence-electron chi connectivity index (χ2n) is 19.5. The first-order valence-electron chi connectivity index (χ1n) is 24.6. The van der Waals surface area contributed by atoms with Crippen LogP contribution in [0.2, 0.25) is 0 Å². The van der Waals surface area contributed by atoms with Crippen molar-refractivity contribution in [2.75, 3.05) is 0 Å². The molecule has 0 saturated carbocycles. The molecule has 0 saturated heterocycles. The summed E-state index contributed by atoms with van der Waals surface area (Å²) < 4.78 is 0. The lowest BCUT2D eigenvalue weighted by Crippen LogP contribution is -2.28. The van der Waals surface area contributed by atoms with Crippen molar-refractivity contribution in [2.24, 2.45) is 0 Å². The predicted octanol–water partition coefficient (Wildman–Crippen LogP) is 17.0. The SMILES string of the molecule is Cc1ccc(C2(c3ccc(C)cc3)c3cc(-c4cc(C)c(-c5ccc(C(=O)c6ccccc6)cc5)cc4C)ccc3-c3ccc(-c4cc(C)c(-c5ccc(C(=O)c6ccccc6)cc5)cc4C)cc32)cc1. The Balaban J connectivity index is 1.01. The van der Waals surface area contributed by atoms with Crippen molar-refractivity contribution >= 4 is 11.6 Å². The van der Waals surface area contributed by atoms with E-state index in [1.165, 1.54) is 89.0 Å². The first-order chi connectivity index (χ1) is 34.5. The number of hydrogen-bond donors (Lipinski definition) is 0. The van der Waals surface area contributed by atoms with Crippen LogP contribution in [-0.2, 0) is 5.41 Å². The predicted molar refractivity (Wildman–Crippen MR) is 294 cm³/mol. The maximum Gasteiger partial charge on any atom is 0.193 e. The highest BCUT2D eigenvalue weighted by Gasteiger charge is 2.46. The minimum atomic E-state index is -0.609. The highest BCUT2D eigenvalue weighted by molar-refractivity contribution is 6.10. The molecule has 10 aromatic carbocycles. The van der Waals surface area contributed by atoms with Gasteiger partial charge in [0.1, 0.15) is 0 Å². The Bertz CT molecular complexity index is 3430. The summed E-state index contributed by atoms with van der Waals surface area (Å²) in [6.07, 6.45) is 0. The van der Waals surface area contributed by atoms with Crippen LogP contribution in [0, 0.1) is 41.5 Å². The molecule has 0 heterocycles. The molecule has 342 valence electrons. The van der Waals surface area contributed by atoms with E-state index in [9.17, 15) is 9.59 Å². The number of benzene rings is 10. The maximum absolute atomic E-state index is 13.2. The zero-order valence-corrected chi connectivity index (χ0v) is 41.1. The minimum absolute atomic E-state index is 0.0280. The van der Waals surface area contributed by atoms with Crippen molar-refractivity contribution in [3.8, 4) is 55.6 Å². The lowest BCUT2D eigenvalue weighted by Gasteiger charge is -2.34. The lowest BCUT2D eigenvalue weighted by atomic mass is 9.67. The number of fused-ring (bicyclic) bond motifs is 3. The Morgan fingerprint density at radius 2 is 0.577 bits per heavy atom. The quantitative estimate of drug-likeness (QED) is 0.128. The molecule has 0 aromatic heterocycles. The van der Waals surface area contributed by atoms with Crippen molar-refractivity contribution < 1.29 is 9.59 Å². The van der Waals surface area contributed by atoms with E-state index in [0.717, 1.165) is 22.3 Å². The van der Waals surface area contributed by atoms with Gasteiger partial charge in [0.25, 0.3) is 0 Å². The van der Waals surface area contributed by atoms with Crippen molar-refractivity contribution in [2.45, 2.75) is 47.0 Å². The molecule has 0 unspecified atom stereocenters. The number of ketones is 2. The van der Waals surface area contributed by atoms with Gasteiger partial charge < -0.3 is 0 Å². The van der Waals surface area contributed by atoms with Gasteiger partial charge >= 0.3 is 0 Å². The van der Waals surface area contributed by atoms with Crippen molar-refractivity contribution in [1.29, 1.82) is 0 Å². The summed E-state index contributed by atoms with van der Waals surface area (Å²) in [7, 11) is 0. The fraction of sp³-hybridized carbons (Fsp3) is 0.101. The molecule has 11 rings (SSSR count). The van der Waals surface area contributed by atoms with Gasteiger partial charge in [0, 0.05) is 22.3 Å². The van der Waals surface area contributed by atoms with E-state index in [1.54, 1.807) is 0 Å². The fourth-order valence-electron chi connectivity index (χ4n) is 11.0. The molecule has 0 amide bonds. The molecule has 2 heteroatoms. The Kier molecular flexibility index (Phi) is 11.5. The smallest absolute Gasteiger partial charge is 0.193 e. The summed E-state index contributed by atoms with van der Waals surface area (Å²) >= 11 is 0. The molecular weight excluding hydrogens is 861 g/mol. The van der Waals surface area contributed by atoms with Gasteiger partial charge in [-0.3, -0.25) is 9.59 Å². The van der Waals surface area contributed by atoms with Crippen LogP contribution in [0.1, 0.15) is 87.5 Å². The van der Waals surface area contributed by atoms with E-state index in [-0.39, 0.29) is 11.6 Å². The van der Waals surface area contributed by atoms with E-state index in [2.05, 4.69) is 175 Å². The van der Waals surface area contributed by atoms with Gasteiger partial charge in [-0.25, -0.2) is 0 Å². The monoisotopic (exact) mass is 914 g/mol. The zero-order chi connectivity index (χ0) is 49.0. The molecule has 0 N–H and O–H groups in total. The van der Waals surface area contributed by atoms with Crippen LogP contribution in [0.5, 0.6) is 0 Å². The van der Waals surface area contributed by atoms with E-state index in [0.29, 0.717) is 22.3 Å². The number of rotatable bonds is 10. The first kappa shape index (κ1) is 45.0. The molecule has 0 atom stereocenters. The average molecular weight is 915 g/mol. The topological polar surface area (TPSA) is 34.1 Å². The molecule has 0 fully saturated rings. The standard InChI is InChI=1S/C69H54O2/c1-43-17-31-57(32-18-43)69(58-33-19-44(2)20-34-58)65-41-55(63-39-45(3)61(37-47(63)5)49-21-25-53(26-22-49)67(70)51-13-9-7-10-14-51)29-35-59(65)60-36-30-56(42-66(60)69)64-40-46(4)62(38-48(64)6)50-23-27-54(28-24-50)68(71)52-15-11-8-12-16-52/h7-42H,1-6H3. The van der Waals surface area contributed by atoms with Gasteiger partial charge in [0.15, 0.2) is 11.6 Å². The van der Waals surface area contributed by atoms with Crippen LogP contribution in [0.15, 0.2) is 218 Å². The third kappa shape index (κ3) is 7.96. The second kappa shape index (κ2) is 18.1. The van der Waals surface area contributed by atoms with Crippen molar-refractivity contribution in [1.82, 2.24) is 0 Å². The Morgan fingerprint density at radius 1 is 0.282 bits per heavy atom. The molecule has 2 nitrogen and oxygen atoms in total. The van der Waals surface area contributed by atoms with Crippen molar-refractivity contribution in [3.05, 3.63) is 296 Å². The maximum atomic E-state index is 13.2. The van der Waals surface area contributed by atoms with Gasteiger partial charge in [-0.2, -0.15) is 0 Å². The van der Waals surface area contributed by atoms with Gasteiger partial charge in [-0.1, -0.05) is 217 Å². The van der Waals surface area contributed by atoms with Crippen LogP contribution < -0.4 is 0 Å². The normalized spacial score (nSPS) is 12.3. The van der Waals surface area contributed by atoms with Gasteiger partial charge in [0.2, 0.25) is 0 Å².